The molecule has 1 N–H and O–H groups in total. The van der Waals surface area contributed by atoms with Gasteiger partial charge in [-0.05, 0) is 48.9 Å². The van der Waals surface area contributed by atoms with Crippen LogP contribution in [0.4, 0.5) is 0 Å². The Morgan fingerprint density at radius 1 is 1.37 bits per heavy atom. The van der Waals surface area contributed by atoms with Crippen LogP contribution in [0.2, 0.25) is 0 Å². The van der Waals surface area contributed by atoms with Crippen molar-refractivity contribution in [2.24, 2.45) is 0 Å². The lowest BCUT2D eigenvalue weighted by Crippen LogP contribution is -2.30. The van der Waals surface area contributed by atoms with Crippen LogP contribution in [-0.2, 0) is 17.6 Å². The summed E-state index contributed by atoms with van der Waals surface area (Å²) in [5.74, 6) is 0.618. The Bertz CT molecular complexity index is 489. The standard InChI is InChI=1S/C15H19NO2S/c17-13-6-7-16(9-13)15(18)10-19-14-5-4-11-2-1-3-12(11)8-14/h4-5,8,13,17H,1-3,6-7,9-10H2/t13-/m0/s1. The molecule has 1 aromatic carbocycles. The molecule has 1 amide bonds. The summed E-state index contributed by atoms with van der Waals surface area (Å²) in [4.78, 5) is 14.9. The summed E-state index contributed by atoms with van der Waals surface area (Å²) in [6, 6.07) is 6.56. The van der Waals surface area contributed by atoms with Gasteiger partial charge in [0, 0.05) is 18.0 Å². The Labute approximate surface area is 118 Å². The highest BCUT2D eigenvalue weighted by Gasteiger charge is 2.24. The molecule has 2 aliphatic rings. The largest absolute Gasteiger partial charge is 0.391 e. The second kappa shape index (κ2) is 5.55. The molecule has 0 saturated carbocycles. The maximum atomic E-state index is 12.0. The molecular weight excluding hydrogens is 258 g/mol. The topological polar surface area (TPSA) is 40.5 Å². The monoisotopic (exact) mass is 277 g/mol. The van der Waals surface area contributed by atoms with Crippen LogP contribution in [0.1, 0.15) is 24.0 Å². The number of nitrogens with zero attached hydrogens (tertiary/aromatic N) is 1. The van der Waals surface area contributed by atoms with E-state index in [0.29, 0.717) is 18.8 Å². The highest BCUT2D eigenvalue weighted by Crippen LogP contribution is 2.27. The summed E-state index contributed by atoms with van der Waals surface area (Å²) in [6.45, 7) is 1.20. The zero-order valence-electron chi connectivity index (χ0n) is 11.0. The van der Waals surface area contributed by atoms with E-state index in [0.717, 1.165) is 6.42 Å². The predicted octanol–water partition coefficient (Wildman–Crippen LogP) is 1.86. The van der Waals surface area contributed by atoms with E-state index in [-0.39, 0.29) is 12.0 Å². The first-order chi connectivity index (χ1) is 9.22. The third kappa shape index (κ3) is 2.95. The summed E-state index contributed by atoms with van der Waals surface area (Å²) in [7, 11) is 0. The fourth-order valence-electron chi connectivity index (χ4n) is 2.84. The SMILES string of the molecule is O=C(CSc1ccc2c(c1)CCC2)N1CC[C@H](O)C1. The Hall–Kier alpha value is -1.00. The van der Waals surface area contributed by atoms with Crippen LogP contribution < -0.4 is 0 Å². The molecule has 1 saturated heterocycles. The number of hydrogen-bond donors (Lipinski definition) is 1. The number of aliphatic hydroxyl groups is 1. The minimum absolute atomic E-state index is 0.141. The number of thioether (sulfide) groups is 1. The third-order valence-electron chi connectivity index (χ3n) is 3.95. The molecule has 102 valence electrons. The predicted molar refractivity (Wildman–Crippen MR) is 76.4 cm³/mol. The van der Waals surface area contributed by atoms with Crippen molar-refractivity contribution in [2.45, 2.75) is 36.7 Å². The molecule has 0 radical (unpaired) electrons. The number of amides is 1. The number of rotatable bonds is 3. The van der Waals surface area contributed by atoms with Gasteiger partial charge < -0.3 is 10.0 Å². The molecule has 4 heteroatoms. The van der Waals surface area contributed by atoms with Crippen molar-refractivity contribution in [1.29, 1.82) is 0 Å². The Balaban J connectivity index is 1.56. The summed E-state index contributed by atoms with van der Waals surface area (Å²) < 4.78 is 0. The molecule has 1 fully saturated rings. The highest BCUT2D eigenvalue weighted by molar-refractivity contribution is 8.00. The number of likely N-dealkylation sites (tertiary alicyclic amines) is 1. The zero-order chi connectivity index (χ0) is 13.2. The second-order valence-electron chi connectivity index (χ2n) is 5.35. The summed E-state index contributed by atoms with van der Waals surface area (Å²) in [6.07, 6.45) is 4.03. The first-order valence-electron chi connectivity index (χ1n) is 6.93. The van der Waals surface area contributed by atoms with Gasteiger partial charge in [0.2, 0.25) is 5.91 Å². The molecule has 0 aromatic heterocycles. The van der Waals surface area contributed by atoms with E-state index < -0.39 is 0 Å². The number of hydrogen-bond acceptors (Lipinski definition) is 3. The van der Waals surface area contributed by atoms with Crippen molar-refractivity contribution >= 4 is 17.7 Å². The highest BCUT2D eigenvalue weighted by atomic mass is 32.2. The molecule has 1 aliphatic carbocycles. The molecule has 1 aromatic rings. The Morgan fingerprint density at radius 3 is 3.00 bits per heavy atom. The van der Waals surface area contributed by atoms with Crippen molar-refractivity contribution < 1.29 is 9.90 Å². The van der Waals surface area contributed by atoms with Gasteiger partial charge in [-0.25, -0.2) is 0 Å². The van der Waals surface area contributed by atoms with Gasteiger partial charge in [-0.2, -0.15) is 0 Å². The maximum absolute atomic E-state index is 12.0. The van der Waals surface area contributed by atoms with E-state index in [9.17, 15) is 9.90 Å². The normalized spacial score (nSPS) is 21.7. The van der Waals surface area contributed by atoms with Crippen molar-refractivity contribution in [3.8, 4) is 0 Å². The number of aliphatic hydroxyl groups excluding tert-OH is 1. The van der Waals surface area contributed by atoms with Gasteiger partial charge in [0.1, 0.15) is 0 Å². The fraction of sp³-hybridized carbons (Fsp3) is 0.533. The van der Waals surface area contributed by atoms with E-state index >= 15 is 0 Å². The lowest BCUT2D eigenvalue weighted by atomic mass is 10.1. The van der Waals surface area contributed by atoms with Gasteiger partial charge in [0.15, 0.2) is 0 Å². The van der Waals surface area contributed by atoms with E-state index in [1.54, 1.807) is 16.7 Å². The average molecular weight is 277 g/mol. The first-order valence-corrected chi connectivity index (χ1v) is 7.91. The van der Waals surface area contributed by atoms with Crippen LogP contribution in [0.3, 0.4) is 0 Å². The molecule has 0 unspecified atom stereocenters. The van der Waals surface area contributed by atoms with Gasteiger partial charge in [0.25, 0.3) is 0 Å². The van der Waals surface area contributed by atoms with Crippen molar-refractivity contribution in [2.75, 3.05) is 18.8 Å². The van der Waals surface area contributed by atoms with Crippen LogP contribution in [-0.4, -0.2) is 40.9 Å². The number of carbonyl (C=O) groups is 1. The molecule has 3 rings (SSSR count). The van der Waals surface area contributed by atoms with Gasteiger partial charge in [-0.15, -0.1) is 11.8 Å². The second-order valence-corrected chi connectivity index (χ2v) is 6.40. The lowest BCUT2D eigenvalue weighted by molar-refractivity contribution is -0.127. The summed E-state index contributed by atoms with van der Waals surface area (Å²) in [5.41, 5.74) is 2.92. The van der Waals surface area contributed by atoms with E-state index in [4.69, 9.17) is 0 Å². The summed E-state index contributed by atoms with van der Waals surface area (Å²) >= 11 is 1.61. The maximum Gasteiger partial charge on any atom is 0.233 e. The van der Waals surface area contributed by atoms with Gasteiger partial charge in [-0.1, -0.05) is 6.07 Å². The molecule has 19 heavy (non-hydrogen) atoms. The number of aryl methyl sites for hydroxylation is 2. The first kappa shape index (κ1) is 13.0. The van der Waals surface area contributed by atoms with Gasteiger partial charge in [0.05, 0.1) is 11.9 Å². The number of benzene rings is 1. The lowest BCUT2D eigenvalue weighted by Gasteiger charge is -2.15. The molecule has 1 atom stereocenters. The molecule has 1 heterocycles. The van der Waals surface area contributed by atoms with Crippen LogP contribution in [0.15, 0.2) is 23.1 Å². The number of β-amino-alcohol motifs (C(OH)–C–C–N with tert-alkyl or cyclic N) is 1. The quantitative estimate of drug-likeness (QED) is 0.857. The smallest absolute Gasteiger partial charge is 0.233 e. The van der Waals surface area contributed by atoms with Crippen molar-refractivity contribution in [3.05, 3.63) is 29.3 Å². The average Bonchev–Trinajstić information content (AvgIpc) is 3.03. The third-order valence-corrected chi connectivity index (χ3v) is 4.93. The van der Waals surface area contributed by atoms with Gasteiger partial charge in [-0.3, -0.25) is 4.79 Å². The molecule has 0 bridgehead atoms. The minimum Gasteiger partial charge on any atom is -0.391 e. The fourth-order valence-corrected chi connectivity index (χ4v) is 3.71. The van der Waals surface area contributed by atoms with E-state index in [2.05, 4.69) is 18.2 Å². The van der Waals surface area contributed by atoms with E-state index in [1.807, 2.05) is 0 Å². The van der Waals surface area contributed by atoms with Crippen LogP contribution in [0.25, 0.3) is 0 Å². The molecule has 3 nitrogen and oxygen atoms in total. The summed E-state index contributed by atoms with van der Waals surface area (Å²) in [5, 5.41) is 9.44. The number of carbonyl (C=O) groups excluding carboxylic acids is 1. The van der Waals surface area contributed by atoms with Crippen LogP contribution >= 0.6 is 11.8 Å². The Kier molecular flexibility index (Phi) is 3.80. The molecule has 0 spiro atoms. The van der Waals surface area contributed by atoms with Crippen molar-refractivity contribution in [1.82, 2.24) is 4.90 Å². The van der Waals surface area contributed by atoms with E-state index in [1.165, 1.54) is 35.3 Å². The van der Waals surface area contributed by atoms with Crippen LogP contribution in [0.5, 0.6) is 0 Å². The molecule has 1 aliphatic heterocycles. The van der Waals surface area contributed by atoms with Crippen LogP contribution in [0, 0.1) is 0 Å². The Morgan fingerprint density at radius 2 is 2.21 bits per heavy atom. The minimum atomic E-state index is -0.325. The van der Waals surface area contributed by atoms with Crippen molar-refractivity contribution in [3.63, 3.8) is 0 Å². The van der Waals surface area contributed by atoms with Gasteiger partial charge >= 0.3 is 0 Å². The number of fused-ring (bicyclic) bond motifs is 1. The molecular formula is C15H19NO2S. The zero-order valence-corrected chi connectivity index (χ0v) is 11.8.